The SMILES string of the molecule is CN1CNNC1CC1(C2CCCC(N3CC4C(CC(N5CC6(CCC6(F)F)C5)CC4C(F)(F)F)C3=O)C2)COC1. The van der Waals surface area contributed by atoms with Gasteiger partial charge in [-0.1, -0.05) is 6.42 Å². The molecule has 7 rings (SSSR count). The summed E-state index contributed by atoms with van der Waals surface area (Å²) in [7, 11) is 2.07. The first-order valence-corrected chi connectivity index (χ1v) is 15.2. The molecule has 0 bridgehead atoms. The molecule has 4 aliphatic heterocycles. The predicted molar refractivity (Wildman–Crippen MR) is 136 cm³/mol. The molecule has 7 nitrogen and oxygen atoms in total. The van der Waals surface area contributed by atoms with Crippen LogP contribution < -0.4 is 10.9 Å². The van der Waals surface area contributed by atoms with E-state index >= 15 is 0 Å². The zero-order valence-electron chi connectivity index (χ0n) is 23.2. The number of ether oxygens (including phenoxy) is 1. The number of hydrogen-bond acceptors (Lipinski definition) is 6. The Kier molecular flexibility index (Phi) is 6.56. The summed E-state index contributed by atoms with van der Waals surface area (Å²) >= 11 is 0. The van der Waals surface area contributed by atoms with Crippen LogP contribution >= 0.6 is 0 Å². The molecule has 40 heavy (non-hydrogen) atoms. The van der Waals surface area contributed by atoms with Gasteiger partial charge in [-0.05, 0) is 63.8 Å². The van der Waals surface area contributed by atoms with Gasteiger partial charge in [0.2, 0.25) is 5.91 Å². The topological polar surface area (TPSA) is 60.1 Å². The fourth-order valence-electron chi connectivity index (χ4n) is 9.42. The van der Waals surface area contributed by atoms with Crippen molar-refractivity contribution < 1.29 is 31.5 Å². The minimum atomic E-state index is -4.41. The lowest BCUT2D eigenvalue weighted by Gasteiger charge is -2.62. The third-order valence-corrected chi connectivity index (χ3v) is 12.2. The second kappa shape index (κ2) is 9.46. The first-order valence-electron chi connectivity index (χ1n) is 15.2. The van der Waals surface area contributed by atoms with Crippen LogP contribution in [-0.4, -0.2) is 97.5 Å². The Bertz CT molecular complexity index is 1000. The van der Waals surface area contributed by atoms with Crippen LogP contribution in [0.1, 0.15) is 57.8 Å². The normalized spacial score (nSPS) is 42.8. The lowest BCUT2D eigenvalue weighted by atomic mass is 9.59. The standard InChI is InChI=1S/C28H42F5N5O2/c1-36-16-34-35-23(36)10-25(14-40-15-25)17-3-2-4-18(7-17)38-11-21-20(24(38)39)8-19(9-22(21)28(31,32)33)37-12-26(13-37)5-6-27(26,29)30/h17-23,34-35H,2-16H2,1H3. The molecule has 1 spiro atoms. The minimum absolute atomic E-state index is 0.0167. The summed E-state index contributed by atoms with van der Waals surface area (Å²) in [4.78, 5) is 19.7. The fraction of sp³-hybridized carbons (Fsp3) is 0.964. The van der Waals surface area contributed by atoms with Gasteiger partial charge in [-0.15, -0.1) is 0 Å². The molecule has 7 atom stereocenters. The molecular weight excluding hydrogens is 533 g/mol. The van der Waals surface area contributed by atoms with Crippen LogP contribution in [0.4, 0.5) is 22.0 Å². The number of hydrazine groups is 1. The second-order valence-corrected chi connectivity index (χ2v) is 14.3. The van der Waals surface area contributed by atoms with E-state index in [4.69, 9.17) is 4.74 Å². The Hall–Kier alpha value is -1.08. The molecule has 3 saturated carbocycles. The minimum Gasteiger partial charge on any atom is -0.380 e. The maximum atomic E-state index is 14.4. The molecule has 7 aliphatic rings. The largest absolute Gasteiger partial charge is 0.392 e. The Balaban J connectivity index is 1.05. The zero-order valence-corrected chi connectivity index (χ0v) is 23.2. The number of hydrogen-bond donors (Lipinski definition) is 2. The third-order valence-electron chi connectivity index (χ3n) is 12.2. The highest BCUT2D eigenvalue weighted by molar-refractivity contribution is 5.82. The van der Waals surface area contributed by atoms with Crippen LogP contribution in [0, 0.1) is 34.5 Å². The van der Waals surface area contributed by atoms with Crippen molar-refractivity contribution in [3.63, 3.8) is 0 Å². The van der Waals surface area contributed by atoms with E-state index in [0.717, 1.165) is 38.8 Å². The van der Waals surface area contributed by atoms with Gasteiger partial charge in [-0.3, -0.25) is 14.6 Å². The van der Waals surface area contributed by atoms with Crippen molar-refractivity contribution in [2.24, 2.45) is 34.5 Å². The highest BCUT2D eigenvalue weighted by atomic mass is 19.4. The number of nitrogens with one attached hydrogen (secondary N) is 2. The molecule has 12 heteroatoms. The molecule has 0 aromatic carbocycles. The summed E-state index contributed by atoms with van der Waals surface area (Å²) in [5, 5.41) is 0. The number of halogens is 5. The number of rotatable bonds is 5. The van der Waals surface area contributed by atoms with Crippen molar-refractivity contribution in [2.75, 3.05) is 46.6 Å². The second-order valence-electron chi connectivity index (χ2n) is 14.3. The van der Waals surface area contributed by atoms with Crippen molar-refractivity contribution in [3.8, 4) is 0 Å². The van der Waals surface area contributed by atoms with Crippen LogP contribution in [0.15, 0.2) is 0 Å². The molecule has 0 aromatic heterocycles. The van der Waals surface area contributed by atoms with Crippen molar-refractivity contribution >= 4 is 5.91 Å². The van der Waals surface area contributed by atoms with Gasteiger partial charge in [0.25, 0.3) is 5.92 Å². The van der Waals surface area contributed by atoms with Gasteiger partial charge >= 0.3 is 6.18 Å². The molecule has 0 aromatic rings. The van der Waals surface area contributed by atoms with E-state index in [1.54, 1.807) is 4.90 Å². The molecule has 4 saturated heterocycles. The van der Waals surface area contributed by atoms with Gasteiger partial charge in [-0.2, -0.15) is 13.2 Å². The predicted octanol–water partition coefficient (Wildman–Crippen LogP) is 3.42. The van der Waals surface area contributed by atoms with Crippen molar-refractivity contribution in [1.82, 2.24) is 25.6 Å². The summed E-state index contributed by atoms with van der Waals surface area (Å²) in [6.45, 7) is 2.61. The highest BCUT2D eigenvalue weighted by Gasteiger charge is 2.68. The molecule has 0 radical (unpaired) electrons. The summed E-state index contributed by atoms with van der Waals surface area (Å²) in [6, 6.07) is -0.507. The maximum absolute atomic E-state index is 14.4. The van der Waals surface area contributed by atoms with E-state index < -0.39 is 41.3 Å². The highest BCUT2D eigenvalue weighted by Crippen LogP contribution is 2.61. The molecule has 226 valence electrons. The van der Waals surface area contributed by atoms with Gasteiger partial charge in [0.15, 0.2) is 0 Å². The number of carbonyl (C=O) groups is 1. The first kappa shape index (κ1) is 27.7. The van der Waals surface area contributed by atoms with Crippen molar-refractivity contribution in [1.29, 1.82) is 0 Å². The number of fused-ring (bicyclic) bond motifs is 1. The number of amides is 1. The number of likely N-dealkylation sites (tertiary alicyclic amines) is 2. The monoisotopic (exact) mass is 575 g/mol. The molecule has 2 N–H and O–H groups in total. The molecule has 1 amide bonds. The van der Waals surface area contributed by atoms with Crippen LogP contribution in [0.5, 0.6) is 0 Å². The summed E-state index contributed by atoms with van der Waals surface area (Å²) < 4.78 is 77.2. The van der Waals surface area contributed by atoms with E-state index in [1.165, 1.54) is 0 Å². The van der Waals surface area contributed by atoms with Gasteiger partial charge in [0.05, 0.1) is 37.4 Å². The van der Waals surface area contributed by atoms with Crippen LogP contribution in [-0.2, 0) is 9.53 Å². The number of carbonyl (C=O) groups excluding carboxylic acids is 1. The zero-order chi connectivity index (χ0) is 28.1. The van der Waals surface area contributed by atoms with E-state index in [0.29, 0.717) is 32.0 Å². The molecule has 3 aliphatic carbocycles. The summed E-state index contributed by atoms with van der Waals surface area (Å²) in [6.07, 6.45) is 0.938. The Morgan fingerprint density at radius 2 is 1.82 bits per heavy atom. The average molecular weight is 576 g/mol. The molecular formula is C28H42F5N5O2. The Labute approximate surface area is 232 Å². The van der Waals surface area contributed by atoms with E-state index in [1.807, 2.05) is 4.90 Å². The lowest BCUT2D eigenvalue weighted by Crippen LogP contribution is -2.72. The van der Waals surface area contributed by atoms with Gasteiger partial charge in [0, 0.05) is 49.5 Å². The van der Waals surface area contributed by atoms with Crippen LogP contribution in [0.25, 0.3) is 0 Å². The Morgan fingerprint density at radius 1 is 1.05 bits per heavy atom. The molecule has 7 fully saturated rings. The van der Waals surface area contributed by atoms with E-state index in [-0.39, 0.29) is 56.0 Å². The van der Waals surface area contributed by atoms with Gasteiger partial charge < -0.3 is 9.64 Å². The third kappa shape index (κ3) is 4.25. The van der Waals surface area contributed by atoms with E-state index in [9.17, 15) is 26.7 Å². The lowest BCUT2D eigenvalue weighted by molar-refractivity contribution is -0.272. The van der Waals surface area contributed by atoms with Gasteiger partial charge in [0.1, 0.15) is 0 Å². The molecule has 4 heterocycles. The fourth-order valence-corrected chi connectivity index (χ4v) is 9.42. The Morgan fingerprint density at radius 3 is 2.40 bits per heavy atom. The maximum Gasteiger partial charge on any atom is 0.392 e. The van der Waals surface area contributed by atoms with Gasteiger partial charge in [-0.25, -0.2) is 19.6 Å². The first-order chi connectivity index (χ1) is 18.9. The number of alkyl halides is 5. The average Bonchev–Trinajstić information content (AvgIpc) is 3.41. The molecule has 7 unspecified atom stereocenters. The van der Waals surface area contributed by atoms with Crippen molar-refractivity contribution in [3.05, 3.63) is 0 Å². The number of nitrogens with zero attached hydrogens (tertiary/aromatic N) is 3. The quantitative estimate of drug-likeness (QED) is 0.491. The summed E-state index contributed by atoms with van der Waals surface area (Å²) in [5.41, 5.74) is 5.48. The smallest absolute Gasteiger partial charge is 0.380 e. The summed E-state index contributed by atoms with van der Waals surface area (Å²) in [5.74, 6) is -5.48. The van der Waals surface area contributed by atoms with Crippen molar-refractivity contribution in [2.45, 2.75) is 88.1 Å². The van der Waals surface area contributed by atoms with Crippen LogP contribution in [0.3, 0.4) is 0 Å². The van der Waals surface area contributed by atoms with E-state index in [2.05, 4.69) is 22.8 Å². The van der Waals surface area contributed by atoms with Crippen LogP contribution in [0.2, 0.25) is 0 Å².